The Morgan fingerprint density at radius 2 is 2.24 bits per heavy atom. The lowest BCUT2D eigenvalue weighted by atomic mass is 9.96. The predicted octanol–water partition coefficient (Wildman–Crippen LogP) is -2.57. The first-order chi connectivity index (χ1) is 12.1. The molecule has 0 spiro atoms. The van der Waals surface area contributed by atoms with E-state index in [-0.39, 0.29) is 24.0 Å². The molecule has 4 heterocycles. The van der Waals surface area contributed by atoms with Crippen LogP contribution < -0.4 is 32.4 Å². The van der Waals surface area contributed by atoms with Gasteiger partial charge in [-0.05, 0) is 13.0 Å². The molecule has 4 rings (SSSR count). The number of carbonyl (C=O) groups excluding carboxylic acids is 1. The molecule has 25 heavy (non-hydrogen) atoms. The molecule has 0 aromatic heterocycles. The Labute approximate surface area is 152 Å². The fourth-order valence-corrected chi connectivity index (χ4v) is 4.45. The number of nitrogens with one attached hydrogen (secondary N) is 5. The normalized spacial score (nSPS) is 39.2. The van der Waals surface area contributed by atoms with Crippen LogP contribution in [0.5, 0.6) is 0 Å². The highest BCUT2D eigenvalue weighted by molar-refractivity contribution is 6.29. The third-order valence-electron chi connectivity index (χ3n) is 5.52. The lowest BCUT2D eigenvalue weighted by molar-refractivity contribution is -0.127. The third-order valence-corrected chi connectivity index (χ3v) is 5.75. The zero-order chi connectivity index (χ0) is 17.4. The van der Waals surface area contributed by atoms with Gasteiger partial charge in [0.2, 0.25) is 5.91 Å². The molecule has 9 nitrogen and oxygen atoms in total. The molecule has 0 aromatic rings. The summed E-state index contributed by atoms with van der Waals surface area (Å²) in [6, 6.07) is 0.445. The van der Waals surface area contributed by atoms with Crippen LogP contribution in [0, 0.1) is 5.92 Å². The smallest absolute Gasteiger partial charge is 0.229 e. The maximum atomic E-state index is 13.0. The van der Waals surface area contributed by atoms with Gasteiger partial charge in [0.05, 0.1) is 12.2 Å². The van der Waals surface area contributed by atoms with Crippen LogP contribution in [0.25, 0.3) is 0 Å². The van der Waals surface area contributed by atoms with E-state index in [1.54, 1.807) is 6.20 Å². The van der Waals surface area contributed by atoms with E-state index in [0.29, 0.717) is 17.6 Å². The van der Waals surface area contributed by atoms with Crippen LogP contribution in [-0.4, -0.2) is 79.6 Å². The van der Waals surface area contributed by atoms with E-state index in [4.69, 9.17) is 17.3 Å². The van der Waals surface area contributed by atoms with Crippen LogP contribution in [0.4, 0.5) is 0 Å². The van der Waals surface area contributed by atoms with E-state index in [1.165, 1.54) is 0 Å². The third kappa shape index (κ3) is 3.50. The summed E-state index contributed by atoms with van der Waals surface area (Å²) in [5.74, 6) is -0.391. The van der Waals surface area contributed by atoms with Gasteiger partial charge in [0.15, 0.2) is 0 Å². The Morgan fingerprint density at radius 3 is 3.04 bits per heavy atom. The first-order valence-electron chi connectivity index (χ1n) is 8.99. The summed E-state index contributed by atoms with van der Waals surface area (Å²) in [5.41, 5.74) is 9.30. The molecule has 7 N–H and O–H groups in total. The van der Waals surface area contributed by atoms with Crippen LogP contribution in [-0.2, 0) is 4.79 Å². The largest absolute Gasteiger partial charge is 0.350 e. The van der Waals surface area contributed by atoms with Crippen molar-refractivity contribution in [1.29, 1.82) is 0 Å². The highest BCUT2D eigenvalue weighted by atomic mass is 35.5. The number of nitrogens with two attached hydrogens (primary N) is 1. The molecule has 5 atom stereocenters. The fraction of sp³-hybridized carbons (Fsp3) is 0.800. The molecule has 3 fully saturated rings. The molecule has 0 saturated carbocycles. The molecule has 4 aliphatic rings. The van der Waals surface area contributed by atoms with E-state index in [9.17, 15) is 4.79 Å². The zero-order valence-electron chi connectivity index (χ0n) is 14.2. The SMILES string of the molecule is NC1NN2C=C(Cl)CNC2C1C(=O)NC1CNCCC1N1CCNC1. The Hall–Kier alpha value is -0.940. The van der Waals surface area contributed by atoms with E-state index in [1.807, 2.05) is 5.01 Å². The van der Waals surface area contributed by atoms with Gasteiger partial charge in [0.1, 0.15) is 12.1 Å². The topological polar surface area (TPSA) is 110 Å². The number of fused-ring (bicyclic) bond motifs is 1. The monoisotopic (exact) mass is 370 g/mol. The lowest BCUT2D eigenvalue weighted by Crippen LogP contribution is -2.62. The number of piperidine rings is 1. The summed E-state index contributed by atoms with van der Waals surface area (Å²) < 4.78 is 0. The van der Waals surface area contributed by atoms with Gasteiger partial charge in [-0.2, -0.15) is 0 Å². The molecular formula is C15H27ClN8O. The van der Waals surface area contributed by atoms with Crippen molar-refractivity contribution in [2.45, 2.75) is 30.8 Å². The first-order valence-corrected chi connectivity index (χ1v) is 9.37. The van der Waals surface area contributed by atoms with Crippen LogP contribution in [0.15, 0.2) is 11.2 Å². The van der Waals surface area contributed by atoms with E-state index >= 15 is 0 Å². The second-order valence-corrected chi connectivity index (χ2v) is 7.62. The second kappa shape index (κ2) is 7.36. The van der Waals surface area contributed by atoms with E-state index < -0.39 is 6.17 Å². The molecule has 1 amide bonds. The lowest BCUT2D eigenvalue weighted by Gasteiger charge is -2.39. The van der Waals surface area contributed by atoms with Gasteiger partial charge in [-0.15, -0.1) is 0 Å². The minimum atomic E-state index is -0.445. The Kier molecular flexibility index (Phi) is 5.14. The van der Waals surface area contributed by atoms with Crippen LogP contribution >= 0.6 is 11.6 Å². The van der Waals surface area contributed by atoms with Crippen molar-refractivity contribution in [3.05, 3.63) is 11.2 Å². The summed E-state index contributed by atoms with van der Waals surface area (Å²) >= 11 is 6.06. The minimum Gasteiger partial charge on any atom is -0.350 e. The summed E-state index contributed by atoms with van der Waals surface area (Å²) in [5, 5.41) is 15.8. The molecule has 140 valence electrons. The van der Waals surface area contributed by atoms with Crippen molar-refractivity contribution in [3.8, 4) is 0 Å². The van der Waals surface area contributed by atoms with Crippen LogP contribution in [0.3, 0.4) is 0 Å². The quantitative estimate of drug-likeness (QED) is 0.322. The molecule has 3 saturated heterocycles. The zero-order valence-corrected chi connectivity index (χ0v) is 14.9. The number of nitrogens with zero attached hydrogens (tertiary/aromatic N) is 2. The Bertz CT molecular complexity index is 540. The van der Waals surface area contributed by atoms with Crippen molar-refractivity contribution < 1.29 is 4.79 Å². The van der Waals surface area contributed by atoms with Gasteiger partial charge in [-0.1, -0.05) is 11.6 Å². The number of hydrogen-bond donors (Lipinski definition) is 6. The number of hydrazine groups is 1. The van der Waals surface area contributed by atoms with Crippen molar-refractivity contribution in [2.24, 2.45) is 11.7 Å². The minimum absolute atomic E-state index is 0.0164. The number of rotatable bonds is 3. The van der Waals surface area contributed by atoms with Crippen LogP contribution in [0.2, 0.25) is 0 Å². The Morgan fingerprint density at radius 1 is 1.36 bits per heavy atom. The molecule has 0 aliphatic carbocycles. The number of carbonyl (C=O) groups is 1. The summed E-state index contributed by atoms with van der Waals surface area (Å²) in [6.45, 7) is 5.25. The number of halogens is 1. The molecule has 10 heteroatoms. The predicted molar refractivity (Wildman–Crippen MR) is 94.9 cm³/mol. The standard InChI is InChI=1S/C15H27ClN8O/c16-9-5-20-14-12(13(17)22-24(14)7-9)15(25)21-10-6-18-2-1-11(10)23-4-3-19-8-23/h7,10-14,18-20,22H,1-6,8,17H2,(H,21,25). The Balaban J connectivity index is 1.43. The fourth-order valence-electron chi connectivity index (χ4n) is 4.27. The van der Waals surface area contributed by atoms with Crippen molar-refractivity contribution in [1.82, 2.24) is 36.6 Å². The molecular weight excluding hydrogens is 344 g/mol. The highest BCUT2D eigenvalue weighted by Gasteiger charge is 2.45. The number of hydrogen-bond acceptors (Lipinski definition) is 8. The molecule has 5 unspecified atom stereocenters. The molecule has 4 aliphatic heterocycles. The van der Waals surface area contributed by atoms with Gasteiger partial charge >= 0.3 is 0 Å². The van der Waals surface area contributed by atoms with Crippen LogP contribution in [0.1, 0.15) is 6.42 Å². The maximum absolute atomic E-state index is 13.0. The highest BCUT2D eigenvalue weighted by Crippen LogP contribution is 2.24. The average molecular weight is 371 g/mol. The van der Waals surface area contributed by atoms with E-state index in [0.717, 1.165) is 39.3 Å². The van der Waals surface area contributed by atoms with E-state index in [2.05, 4.69) is 31.6 Å². The first kappa shape index (κ1) is 17.5. The summed E-state index contributed by atoms with van der Waals surface area (Å²) in [7, 11) is 0. The van der Waals surface area contributed by atoms with Gasteiger partial charge in [-0.3, -0.25) is 20.0 Å². The maximum Gasteiger partial charge on any atom is 0.229 e. The van der Waals surface area contributed by atoms with Gasteiger partial charge < -0.3 is 21.7 Å². The number of amides is 1. The van der Waals surface area contributed by atoms with Gasteiger partial charge in [-0.25, -0.2) is 5.43 Å². The van der Waals surface area contributed by atoms with Crippen molar-refractivity contribution in [2.75, 3.05) is 39.4 Å². The van der Waals surface area contributed by atoms with Crippen molar-refractivity contribution in [3.63, 3.8) is 0 Å². The van der Waals surface area contributed by atoms with Gasteiger partial charge in [0, 0.05) is 50.1 Å². The average Bonchev–Trinajstić information content (AvgIpc) is 3.22. The van der Waals surface area contributed by atoms with Gasteiger partial charge in [0.25, 0.3) is 0 Å². The molecule has 0 bridgehead atoms. The summed E-state index contributed by atoms with van der Waals surface area (Å²) in [6.07, 6.45) is 2.21. The van der Waals surface area contributed by atoms with Crippen molar-refractivity contribution >= 4 is 17.5 Å². The molecule has 0 radical (unpaired) electrons. The molecule has 0 aromatic carbocycles. The summed E-state index contributed by atoms with van der Waals surface area (Å²) in [4.78, 5) is 15.4. The second-order valence-electron chi connectivity index (χ2n) is 7.14.